The van der Waals surface area contributed by atoms with Crippen LogP contribution in [0.2, 0.25) is 0 Å². The Labute approximate surface area is 231 Å². The number of benzene rings is 1. The fourth-order valence-electron chi connectivity index (χ4n) is 5.80. The van der Waals surface area contributed by atoms with Gasteiger partial charge >= 0.3 is 5.97 Å². The van der Waals surface area contributed by atoms with Gasteiger partial charge in [0.15, 0.2) is 10.8 Å². The Morgan fingerprint density at radius 2 is 2.15 bits per heavy atom. The molecule has 4 heterocycles. The van der Waals surface area contributed by atoms with Crippen LogP contribution in [0, 0.1) is 18.7 Å². The number of thiazole rings is 1. The first-order chi connectivity index (χ1) is 18.6. The van der Waals surface area contributed by atoms with Crippen molar-refractivity contribution < 1.29 is 23.8 Å². The van der Waals surface area contributed by atoms with Crippen LogP contribution < -0.4 is 5.32 Å². The molecule has 208 valence electrons. The van der Waals surface area contributed by atoms with Gasteiger partial charge in [-0.15, -0.1) is 11.3 Å². The molecule has 1 aromatic carbocycles. The molecule has 2 aromatic rings. The summed E-state index contributed by atoms with van der Waals surface area (Å²) in [5.41, 5.74) is 0.656. The molecule has 0 aliphatic carbocycles. The second-order valence-corrected chi connectivity index (χ2v) is 11.5. The fraction of sp³-hybridized carbons (Fsp3) is 0.500. The highest BCUT2D eigenvalue weighted by Gasteiger charge is 2.54. The van der Waals surface area contributed by atoms with Crippen LogP contribution in [0.3, 0.4) is 0 Å². The van der Waals surface area contributed by atoms with E-state index in [1.54, 1.807) is 37.1 Å². The molecular weight excluding hydrogens is 521 g/mol. The van der Waals surface area contributed by atoms with Crippen LogP contribution in [0.4, 0.5) is 4.39 Å². The van der Waals surface area contributed by atoms with E-state index < -0.39 is 23.5 Å². The van der Waals surface area contributed by atoms with Crippen molar-refractivity contribution in [3.63, 3.8) is 0 Å². The minimum absolute atomic E-state index is 0.00537. The average Bonchev–Trinajstić information content (AvgIpc) is 3.52. The second-order valence-electron chi connectivity index (χ2n) is 10.6. The standard InChI is InChI=1S/C28H34FN5O4S/c1-5-38-27(36)22-21(13-33-11-9-19-26(35)34(16(2)3)15-28(19,37)14-33)31-24(25-30-10-12-39-25)32-23(22)18-7-6-8-20(29)17(18)4/h6-8,10,12,16,19,23,37H,5,9,11,13-15H2,1-4H3,(H,31,32)/t19-,23?,28-/m0/s1. The summed E-state index contributed by atoms with van der Waals surface area (Å²) in [5.74, 6) is -0.881. The van der Waals surface area contributed by atoms with Crippen molar-refractivity contribution in [1.82, 2.24) is 20.1 Å². The fourth-order valence-corrected chi connectivity index (χ4v) is 6.39. The van der Waals surface area contributed by atoms with Gasteiger partial charge < -0.3 is 20.1 Å². The molecule has 5 rings (SSSR count). The number of nitrogens with zero attached hydrogens (tertiary/aromatic N) is 4. The lowest BCUT2D eigenvalue weighted by Gasteiger charge is -2.40. The van der Waals surface area contributed by atoms with Gasteiger partial charge in [-0.1, -0.05) is 12.1 Å². The van der Waals surface area contributed by atoms with E-state index in [1.165, 1.54) is 17.4 Å². The van der Waals surface area contributed by atoms with Gasteiger partial charge in [-0.2, -0.15) is 0 Å². The van der Waals surface area contributed by atoms with Crippen molar-refractivity contribution >= 4 is 29.0 Å². The van der Waals surface area contributed by atoms with E-state index in [-0.39, 0.29) is 44.0 Å². The summed E-state index contributed by atoms with van der Waals surface area (Å²) in [4.78, 5) is 39.4. The number of hydrogen-bond donors (Lipinski definition) is 2. The maximum Gasteiger partial charge on any atom is 0.338 e. The molecule has 3 atom stereocenters. The number of aliphatic imine (C=N–C) groups is 1. The number of hydrogen-bond acceptors (Lipinski definition) is 9. The van der Waals surface area contributed by atoms with Gasteiger partial charge in [-0.05, 0) is 57.9 Å². The first-order valence-corrected chi connectivity index (χ1v) is 14.2. The summed E-state index contributed by atoms with van der Waals surface area (Å²) < 4.78 is 20.1. The third kappa shape index (κ3) is 5.10. The predicted molar refractivity (Wildman–Crippen MR) is 146 cm³/mol. The molecule has 9 nitrogen and oxygen atoms in total. The third-order valence-electron chi connectivity index (χ3n) is 7.77. The molecular formula is C28H34FN5O4S. The molecule has 3 aliphatic rings. The summed E-state index contributed by atoms with van der Waals surface area (Å²) >= 11 is 1.40. The minimum Gasteiger partial charge on any atom is -0.463 e. The van der Waals surface area contributed by atoms with Crippen LogP contribution in [0.5, 0.6) is 0 Å². The quantitative estimate of drug-likeness (QED) is 0.506. The number of aliphatic hydroxyl groups is 1. The van der Waals surface area contributed by atoms with Crippen molar-refractivity contribution in [1.29, 1.82) is 0 Å². The van der Waals surface area contributed by atoms with Crippen LogP contribution in [-0.4, -0.2) is 82.0 Å². The lowest BCUT2D eigenvalue weighted by Crippen LogP contribution is -2.55. The van der Waals surface area contributed by atoms with Gasteiger partial charge in [0, 0.05) is 36.4 Å². The van der Waals surface area contributed by atoms with E-state index in [4.69, 9.17) is 9.73 Å². The predicted octanol–water partition coefficient (Wildman–Crippen LogP) is 2.80. The van der Waals surface area contributed by atoms with Gasteiger partial charge in [0.25, 0.3) is 0 Å². The Morgan fingerprint density at radius 3 is 2.85 bits per heavy atom. The monoisotopic (exact) mass is 555 g/mol. The van der Waals surface area contributed by atoms with Crippen molar-refractivity contribution in [2.24, 2.45) is 10.9 Å². The average molecular weight is 556 g/mol. The Bertz CT molecular complexity index is 1330. The number of ether oxygens (including phenoxy) is 1. The highest BCUT2D eigenvalue weighted by molar-refractivity contribution is 7.11. The first kappa shape index (κ1) is 27.4. The number of aromatic nitrogens is 1. The van der Waals surface area contributed by atoms with Gasteiger partial charge in [0.05, 0.1) is 24.6 Å². The van der Waals surface area contributed by atoms with Crippen molar-refractivity contribution in [2.75, 3.05) is 32.8 Å². The molecule has 2 fully saturated rings. The Morgan fingerprint density at radius 1 is 1.36 bits per heavy atom. The zero-order valence-electron chi connectivity index (χ0n) is 22.6. The molecule has 1 aromatic heterocycles. The second kappa shape index (κ2) is 10.8. The molecule has 2 N–H and O–H groups in total. The third-order valence-corrected chi connectivity index (χ3v) is 8.55. The van der Waals surface area contributed by atoms with E-state index in [0.29, 0.717) is 46.2 Å². The van der Waals surface area contributed by atoms with Crippen LogP contribution in [0.15, 0.2) is 46.0 Å². The highest BCUT2D eigenvalue weighted by Crippen LogP contribution is 2.39. The van der Waals surface area contributed by atoms with Crippen LogP contribution >= 0.6 is 11.3 Å². The molecule has 39 heavy (non-hydrogen) atoms. The van der Waals surface area contributed by atoms with Gasteiger partial charge in [0.1, 0.15) is 17.5 Å². The normalized spacial score (nSPS) is 25.6. The number of amides is 1. The Balaban J connectivity index is 1.53. The minimum atomic E-state index is -1.18. The number of amidine groups is 1. The molecule has 3 aliphatic heterocycles. The van der Waals surface area contributed by atoms with E-state index >= 15 is 0 Å². The number of β-amino-alcohol motifs (C(OH)–C–C–N with tert-alkyl or cyclic N) is 1. The van der Waals surface area contributed by atoms with Gasteiger partial charge in [0.2, 0.25) is 5.91 Å². The van der Waals surface area contributed by atoms with Gasteiger partial charge in [-0.3, -0.25) is 14.7 Å². The zero-order chi connectivity index (χ0) is 27.9. The number of likely N-dealkylation sites (tertiary alicyclic amines) is 2. The van der Waals surface area contributed by atoms with Crippen molar-refractivity contribution in [2.45, 2.75) is 51.8 Å². The van der Waals surface area contributed by atoms with E-state index in [0.717, 1.165) is 0 Å². The number of piperidine rings is 1. The van der Waals surface area contributed by atoms with Crippen molar-refractivity contribution in [3.05, 3.63) is 63.0 Å². The van der Waals surface area contributed by atoms with E-state index in [9.17, 15) is 19.1 Å². The molecule has 1 amide bonds. The summed E-state index contributed by atoms with van der Waals surface area (Å²) in [6.45, 7) is 8.89. The van der Waals surface area contributed by atoms with E-state index in [1.807, 2.05) is 19.2 Å². The topological polar surface area (TPSA) is 107 Å². The molecule has 2 saturated heterocycles. The van der Waals surface area contributed by atoms with Crippen LogP contribution in [0.1, 0.15) is 49.4 Å². The first-order valence-electron chi connectivity index (χ1n) is 13.3. The summed E-state index contributed by atoms with van der Waals surface area (Å²) in [5, 5.41) is 17.3. The van der Waals surface area contributed by atoms with Crippen molar-refractivity contribution in [3.8, 4) is 0 Å². The lowest BCUT2D eigenvalue weighted by molar-refractivity contribution is -0.139. The number of esters is 1. The molecule has 0 bridgehead atoms. The molecule has 0 spiro atoms. The number of carbonyl (C=O) groups excluding carboxylic acids is 2. The number of nitrogens with one attached hydrogen (secondary N) is 1. The van der Waals surface area contributed by atoms with Crippen LogP contribution in [0.25, 0.3) is 0 Å². The molecule has 0 radical (unpaired) electrons. The molecule has 11 heteroatoms. The molecule has 0 saturated carbocycles. The number of halogens is 1. The summed E-state index contributed by atoms with van der Waals surface area (Å²) in [7, 11) is 0. The molecule has 1 unspecified atom stereocenters. The largest absolute Gasteiger partial charge is 0.463 e. The van der Waals surface area contributed by atoms with E-state index in [2.05, 4.69) is 15.2 Å². The Hall–Kier alpha value is -3.15. The smallest absolute Gasteiger partial charge is 0.338 e. The summed E-state index contributed by atoms with van der Waals surface area (Å²) in [6.07, 6.45) is 2.19. The highest BCUT2D eigenvalue weighted by atomic mass is 32.1. The maximum atomic E-state index is 14.7. The number of carbonyl (C=O) groups is 2. The maximum absolute atomic E-state index is 14.7. The Kier molecular flexibility index (Phi) is 7.58. The van der Waals surface area contributed by atoms with Crippen LogP contribution in [-0.2, 0) is 14.3 Å². The number of rotatable bonds is 7. The number of fused-ring (bicyclic) bond motifs is 1. The lowest BCUT2D eigenvalue weighted by atomic mass is 9.83. The van der Waals surface area contributed by atoms with Gasteiger partial charge in [-0.25, -0.2) is 14.2 Å². The zero-order valence-corrected chi connectivity index (χ0v) is 23.4. The SMILES string of the molecule is CCOC(=O)C1=C(CN2CC[C@H]3C(=O)N(C(C)C)C[C@@]3(O)C2)NC(c2nccs2)=NC1c1cccc(F)c1C. The summed E-state index contributed by atoms with van der Waals surface area (Å²) in [6, 6.07) is 3.96.